The average Bonchev–Trinajstić information content (AvgIpc) is 2.59. The van der Waals surface area contributed by atoms with Gasteiger partial charge in [-0.05, 0) is 30.2 Å². The maximum atomic E-state index is 12.8. The Morgan fingerprint density at radius 1 is 1.12 bits per heavy atom. The minimum Gasteiger partial charge on any atom is -0.495 e. The quantitative estimate of drug-likeness (QED) is 0.732. The van der Waals surface area contributed by atoms with E-state index >= 15 is 0 Å². The molecule has 0 radical (unpaired) electrons. The molecule has 0 aliphatic heterocycles. The number of nitrogens with one attached hydrogen (secondary N) is 2. The monoisotopic (exact) mass is 328 g/mol. The number of hydrogen-bond donors (Lipinski definition) is 2. The topological polar surface area (TPSA) is 59.6 Å². The van der Waals surface area contributed by atoms with Crippen LogP contribution >= 0.6 is 0 Å². The molecule has 0 saturated heterocycles. The number of rotatable bonds is 8. The Balaban J connectivity index is 2.20. The molecule has 2 aromatic rings. The van der Waals surface area contributed by atoms with Crippen molar-refractivity contribution in [1.29, 1.82) is 0 Å². The molecule has 5 heteroatoms. The van der Waals surface area contributed by atoms with Gasteiger partial charge in [0.1, 0.15) is 11.8 Å². The van der Waals surface area contributed by atoms with Crippen molar-refractivity contribution in [2.45, 2.75) is 13.0 Å². The van der Waals surface area contributed by atoms with Crippen LogP contribution in [0.25, 0.3) is 0 Å². The van der Waals surface area contributed by atoms with E-state index in [9.17, 15) is 4.79 Å². The van der Waals surface area contributed by atoms with Crippen molar-refractivity contribution < 1.29 is 14.3 Å². The normalized spacial score (nSPS) is 11.8. The van der Waals surface area contributed by atoms with Crippen molar-refractivity contribution in [1.82, 2.24) is 5.32 Å². The predicted molar refractivity (Wildman–Crippen MR) is 95.4 cm³/mol. The molecule has 0 bridgehead atoms. The van der Waals surface area contributed by atoms with Gasteiger partial charge >= 0.3 is 0 Å². The number of carbonyl (C=O) groups excluding carboxylic acids is 1. The van der Waals surface area contributed by atoms with Gasteiger partial charge in [0.15, 0.2) is 0 Å². The Morgan fingerprint density at radius 3 is 2.54 bits per heavy atom. The molecule has 2 N–H and O–H groups in total. The van der Waals surface area contributed by atoms with Crippen molar-refractivity contribution >= 4 is 11.6 Å². The minimum absolute atomic E-state index is 0.138. The summed E-state index contributed by atoms with van der Waals surface area (Å²) in [5.74, 6) is 0.499. The van der Waals surface area contributed by atoms with Crippen LogP contribution in [-0.4, -0.2) is 33.3 Å². The van der Waals surface area contributed by atoms with E-state index in [4.69, 9.17) is 9.47 Å². The van der Waals surface area contributed by atoms with Gasteiger partial charge in [-0.25, -0.2) is 0 Å². The molecule has 0 spiro atoms. The Bertz CT molecular complexity index is 659. The molecule has 1 amide bonds. The lowest BCUT2D eigenvalue weighted by Crippen LogP contribution is -2.35. The van der Waals surface area contributed by atoms with Crippen LogP contribution in [0.5, 0.6) is 5.75 Å². The minimum atomic E-state index is -0.466. The SMILES string of the molecule is COCCN[C@@H](C(=O)Nc1cc(C)ccc1OC)c1ccccc1. The van der Waals surface area contributed by atoms with Crippen LogP contribution in [-0.2, 0) is 9.53 Å². The average molecular weight is 328 g/mol. The Kier molecular flexibility index (Phi) is 6.78. The highest BCUT2D eigenvalue weighted by molar-refractivity contribution is 5.96. The number of amides is 1. The Hall–Kier alpha value is -2.37. The maximum Gasteiger partial charge on any atom is 0.246 e. The molecule has 0 aliphatic carbocycles. The zero-order chi connectivity index (χ0) is 17.4. The van der Waals surface area contributed by atoms with Gasteiger partial charge in [-0.2, -0.15) is 0 Å². The first-order valence-electron chi connectivity index (χ1n) is 7.88. The van der Waals surface area contributed by atoms with E-state index in [0.29, 0.717) is 24.6 Å². The van der Waals surface area contributed by atoms with Gasteiger partial charge in [-0.1, -0.05) is 36.4 Å². The lowest BCUT2D eigenvalue weighted by molar-refractivity contribution is -0.118. The van der Waals surface area contributed by atoms with Crippen molar-refractivity contribution in [3.63, 3.8) is 0 Å². The van der Waals surface area contributed by atoms with Crippen LogP contribution in [0.3, 0.4) is 0 Å². The van der Waals surface area contributed by atoms with Crippen molar-refractivity contribution in [3.05, 3.63) is 59.7 Å². The molecule has 0 aliphatic rings. The molecule has 24 heavy (non-hydrogen) atoms. The van der Waals surface area contributed by atoms with Gasteiger partial charge in [0.2, 0.25) is 5.91 Å². The fourth-order valence-electron chi connectivity index (χ4n) is 2.44. The van der Waals surface area contributed by atoms with Crippen LogP contribution in [0.1, 0.15) is 17.2 Å². The molecule has 128 valence electrons. The van der Waals surface area contributed by atoms with Crippen LogP contribution in [0.2, 0.25) is 0 Å². The first kappa shape index (κ1) is 18.0. The summed E-state index contributed by atoms with van der Waals surface area (Å²) >= 11 is 0. The summed E-state index contributed by atoms with van der Waals surface area (Å²) in [4.78, 5) is 12.8. The van der Waals surface area contributed by atoms with Crippen LogP contribution in [0.15, 0.2) is 48.5 Å². The lowest BCUT2D eigenvalue weighted by Gasteiger charge is -2.20. The highest BCUT2D eigenvalue weighted by Crippen LogP contribution is 2.26. The van der Waals surface area contributed by atoms with E-state index < -0.39 is 6.04 Å². The van der Waals surface area contributed by atoms with E-state index in [-0.39, 0.29) is 5.91 Å². The Morgan fingerprint density at radius 2 is 1.88 bits per heavy atom. The molecular weight excluding hydrogens is 304 g/mol. The van der Waals surface area contributed by atoms with E-state index in [1.165, 1.54) is 0 Å². The molecule has 1 atom stereocenters. The molecule has 0 fully saturated rings. The van der Waals surface area contributed by atoms with Crippen LogP contribution < -0.4 is 15.4 Å². The third-order valence-electron chi connectivity index (χ3n) is 3.66. The Labute approximate surface area is 143 Å². The maximum absolute atomic E-state index is 12.8. The number of methoxy groups -OCH3 is 2. The van der Waals surface area contributed by atoms with Gasteiger partial charge in [-0.15, -0.1) is 0 Å². The smallest absolute Gasteiger partial charge is 0.246 e. The molecule has 5 nitrogen and oxygen atoms in total. The predicted octanol–water partition coefficient (Wildman–Crippen LogP) is 2.92. The second kappa shape index (κ2) is 9.05. The first-order chi connectivity index (χ1) is 11.7. The van der Waals surface area contributed by atoms with Gasteiger partial charge in [0, 0.05) is 13.7 Å². The highest BCUT2D eigenvalue weighted by Gasteiger charge is 2.21. The van der Waals surface area contributed by atoms with Gasteiger partial charge in [0.05, 0.1) is 19.4 Å². The number of benzene rings is 2. The number of carbonyl (C=O) groups is 1. The van der Waals surface area contributed by atoms with E-state index in [0.717, 1.165) is 11.1 Å². The number of anilines is 1. The number of ether oxygens (including phenoxy) is 2. The molecule has 0 unspecified atom stereocenters. The summed E-state index contributed by atoms with van der Waals surface area (Å²) in [5.41, 5.74) is 2.62. The van der Waals surface area contributed by atoms with Gasteiger partial charge in [0.25, 0.3) is 0 Å². The summed E-state index contributed by atoms with van der Waals surface area (Å²) in [6.07, 6.45) is 0. The third kappa shape index (κ3) is 4.81. The zero-order valence-electron chi connectivity index (χ0n) is 14.3. The van der Waals surface area contributed by atoms with Crippen molar-refractivity contribution in [2.24, 2.45) is 0 Å². The highest BCUT2D eigenvalue weighted by atomic mass is 16.5. The third-order valence-corrected chi connectivity index (χ3v) is 3.66. The summed E-state index contributed by atoms with van der Waals surface area (Å²) in [5, 5.41) is 6.19. The van der Waals surface area contributed by atoms with Crippen LogP contribution in [0.4, 0.5) is 5.69 Å². The van der Waals surface area contributed by atoms with Crippen LogP contribution in [0, 0.1) is 6.92 Å². The van der Waals surface area contributed by atoms with Crippen molar-refractivity contribution in [3.8, 4) is 5.75 Å². The lowest BCUT2D eigenvalue weighted by atomic mass is 10.1. The number of hydrogen-bond acceptors (Lipinski definition) is 4. The second-order valence-electron chi connectivity index (χ2n) is 5.48. The fraction of sp³-hybridized carbons (Fsp3) is 0.316. The summed E-state index contributed by atoms with van der Waals surface area (Å²) in [7, 11) is 3.22. The second-order valence-corrected chi connectivity index (χ2v) is 5.48. The molecule has 0 aromatic heterocycles. The molecule has 0 saturated carbocycles. The van der Waals surface area contributed by atoms with E-state index in [1.54, 1.807) is 14.2 Å². The number of aryl methyl sites for hydroxylation is 1. The summed E-state index contributed by atoms with van der Waals surface area (Å²) < 4.78 is 10.4. The molecule has 0 heterocycles. The van der Waals surface area contributed by atoms with Crippen molar-refractivity contribution in [2.75, 3.05) is 32.7 Å². The molecular formula is C19H24N2O3. The van der Waals surface area contributed by atoms with E-state index in [2.05, 4.69) is 10.6 Å². The first-order valence-corrected chi connectivity index (χ1v) is 7.88. The molecule has 2 rings (SSSR count). The zero-order valence-corrected chi connectivity index (χ0v) is 14.3. The standard InChI is InChI=1S/C19H24N2O3/c1-14-9-10-17(24-3)16(13-14)21-19(22)18(20-11-12-23-2)15-7-5-4-6-8-15/h4-10,13,18,20H,11-12H2,1-3H3,(H,21,22)/t18-/m1/s1. The van der Waals surface area contributed by atoms with Gasteiger partial charge in [-0.3, -0.25) is 10.1 Å². The summed E-state index contributed by atoms with van der Waals surface area (Å²) in [6.45, 7) is 3.08. The van der Waals surface area contributed by atoms with Gasteiger partial charge < -0.3 is 14.8 Å². The molecule has 2 aromatic carbocycles. The van der Waals surface area contributed by atoms with E-state index in [1.807, 2.05) is 55.5 Å². The largest absolute Gasteiger partial charge is 0.495 e. The fourth-order valence-corrected chi connectivity index (χ4v) is 2.44. The summed E-state index contributed by atoms with van der Waals surface area (Å²) in [6, 6.07) is 14.8.